The van der Waals surface area contributed by atoms with Gasteiger partial charge in [-0.1, -0.05) is 12.1 Å². The van der Waals surface area contributed by atoms with Gasteiger partial charge in [-0.15, -0.1) is 11.8 Å². The van der Waals surface area contributed by atoms with Gasteiger partial charge in [0.15, 0.2) is 16.9 Å². The summed E-state index contributed by atoms with van der Waals surface area (Å²) < 4.78 is 16.2. The van der Waals surface area contributed by atoms with Gasteiger partial charge < -0.3 is 19.5 Å². The van der Waals surface area contributed by atoms with Crippen LogP contribution < -0.4 is 20.2 Å². The fraction of sp³-hybridized carbons (Fsp3) is 0.364. The first-order chi connectivity index (χ1) is 13.9. The van der Waals surface area contributed by atoms with Crippen LogP contribution in [-0.4, -0.2) is 33.7 Å². The van der Waals surface area contributed by atoms with Crippen molar-refractivity contribution in [3.8, 4) is 22.6 Å². The molecule has 2 aromatic rings. The van der Waals surface area contributed by atoms with E-state index in [4.69, 9.17) is 14.2 Å². The quantitative estimate of drug-likeness (QED) is 0.758. The van der Waals surface area contributed by atoms with Gasteiger partial charge >= 0.3 is 6.09 Å². The highest BCUT2D eigenvalue weighted by atomic mass is 32.2. The van der Waals surface area contributed by atoms with Gasteiger partial charge in [0.2, 0.25) is 0 Å². The number of hydrogen-bond acceptors (Lipinski definition) is 6. The maximum Gasteiger partial charge on any atom is 0.407 e. The number of thioether (sulfide) groups is 1. The summed E-state index contributed by atoms with van der Waals surface area (Å²) in [5, 5.41) is 2.88. The van der Waals surface area contributed by atoms with Crippen LogP contribution in [-0.2, 0) is 11.2 Å². The van der Waals surface area contributed by atoms with Crippen molar-refractivity contribution in [2.24, 2.45) is 0 Å². The van der Waals surface area contributed by atoms with Crippen molar-refractivity contribution in [1.82, 2.24) is 5.32 Å². The molecule has 0 spiro atoms. The molecule has 1 aliphatic carbocycles. The third kappa shape index (κ3) is 3.92. The second-order valence-corrected chi connectivity index (χ2v) is 7.65. The van der Waals surface area contributed by atoms with Gasteiger partial charge in [0, 0.05) is 5.56 Å². The molecule has 3 rings (SSSR count). The molecule has 0 radical (unpaired) electrons. The monoisotopic (exact) mass is 415 g/mol. The molecular formula is C22H25NO5S. The number of amides is 1. The van der Waals surface area contributed by atoms with Crippen LogP contribution in [0, 0.1) is 6.92 Å². The van der Waals surface area contributed by atoms with Crippen molar-refractivity contribution in [1.29, 1.82) is 0 Å². The third-order valence-corrected chi connectivity index (χ3v) is 5.97. The van der Waals surface area contributed by atoms with E-state index in [1.54, 1.807) is 20.3 Å². The molecule has 1 aliphatic rings. The smallest absolute Gasteiger partial charge is 0.407 e. The molecule has 0 saturated carbocycles. The lowest BCUT2D eigenvalue weighted by molar-refractivity contribution is 0.166. The number of hydrogen-bond donors (Lipinski definition) is 1. The summed E-state index contributed by atoms with van der Waals surface area (Å²) in [5.41, 5.74) is 4.44. The molecule has 0 fully saturated rings. The molecule has 0 aliphatic heterocycles. The Morgan fingerprint density at radius 3 is 2.48 bits per heavy atom. The average molecular weight is 416 g/mol. The van der Waals surface area contributed by atoms with Crippen molar-refractivity contribution in [2.45, 2.75) is 30.7 Å². The lowest BCUT2D eigenvalue weighted by Gasteiger charge is -2.19. The van der Waals surface area contributed by atoms with Crippen LogP contribution in [0.15, 0.2) is 34.0 Å². The molecule has 0 aromatic heterocycles. The number of rotatable bonds is 4. The molecule has 1 amide bonds. The fourth-order valence-corrected chi connectivity index (χ4v) is 4.36. The highest BCUT2D eigenvalue weighted by Gasteiger charge is 2.28. The molecule has 7 heteroatoms. The first-order valence-corrected chi connectivity index (χ1v) is 10.5. The molecule has 154 valence electrons. The number of aryl methyl sites for hydroxylation is 2. The SMILES string of the molecule is COC(=O)NC1CCc2cc(C)c(OC)c(OC)c2-c2ccc(SC)c(=O)cc21. The topological polar surface area (TPSA) is 73.9 Å². The second-order valence-electron chi connectivity index (χ2n) is 6.80. The number of benzene rings is 1. The predicted molar refractivity (Wildman–Crippen MR) is 114 cm³/mol. The number of carbonyl (C=O) groups excluding carboxylic acids is 1. The highest BCUT2D eigenvalue weighted by molar-refractivity contribution is 7.98. The zero-order valence-electron chi connectivity index (χ0n) is 17.3. The van der Waals surface area contributed by atoms with Gasteiger partial charge in [-0.3, -0.25) is 4.79 Å². The summed E-state index contributed by atoms with van der Waals surface area (Å²) in [6, 6.07) is 7.08. The zero-order chi connectivity index (χ0) is 21.1. The summed E-state index contributed by atoms with van der Waals surface area (Å²) in [6.07, 6.45) is 2.67. The summed E-state index contributed by atoms with van der Waals surface area (Å²) in [4.78, 5) is 25.4. The number of fused-ring (bicyclic) bond motifs is 3. The zero-order valence-corrected chi connectivity index (χ0v) is 18.1. The van der Waals surface area contributed by atoms with E-state index in [1.807, 2.05) is 25.3 Å². The normalized spacial score (nSPS) is 14.9. The van der Waals surface area contributed by atoms with Crippen molar-refractivity contribution < 1.29 is 19.0 Å². The minimum Gasteiger partial charge on any atom is -0.493 e. The minimum atomic E-state index is -0.531. The number of nitrogens with one attached hydrogen (secondary N) is 1. The Labute approximate surface area is 174 Å². The molecule has 0 heterocycles. The fourth-order valence-electron chi connectivity index (χ4n) is 3.90. The summed E-state index contributed by atoms with van der Waals surface area (Å²) in [7, 11) is 4.56. The summed E-state index contributed by atoms with van der Waals surface area (Å²) in [5.74, 6) is 1.29. The second kappa shape index (κ2) is 8.78. The van der Waals surface area contributed by atoms with Crippen molar-refractivity contribution in [2.75, 3.05) is 27.6 Å². The Bertz CT molecular complexity index is 1010. The Morgan fingerprint density at radius 1 is 1.14 bits per heavy atom. The Kier molecular flexibility index (Phi) is 6.37. The van der Waals surface area contributed by atoms with Crippen LogP contribution in [0.4, 0.5) is 4.79 Å². The third-order valence-electron chi connectivity index (χ3n) is 5.20. The van der Waals surface area contributed by atoms with Gasteiger partial charge in [-0.25, -0.2) is 4.79 Å². The molecule has 1 atom stereocenters. The molecule has 0 bridgehead atoms. The lowest BCUT2D eigenvalue weighted by atomic mass is 9.94. The van der Waals surface area contributed by atoms with E-state index >= 15 is 0 Å². The first-order valence-electron chi connectivity index (χ1n) is 9.26. The summed E-state index contributed by atoms with van der Waals surface area (Å²) in [6.45, 7) is 1.98. The van der Waals surface area contributed by atoms with Gasteiger partial charge in [0.1, 0.15) is 0 Å². The molecule has 1 N–H and O–H groups in total. The van der Waals surface area contributed by atoms with Crippen LogP contribution in [0.25, 0.3) is 11.1 Å². The van der Waals surface area contributed by atoms with E-state index in [2.05, 4.69) is 11.4 Å². The lowest BCUT2D eigenvalue weighted by Crippen LogP contribution is -2.28. The van der Waals surface area contributed by atoms with Crippen LogP contribution in [0.2, 0.25) is 0 Å². The minimum absolute atomic E-state index is 0.0862. The predicted octanol–water partition coefficient (Wildman–Crippen LogP) is 4.10. The van der Waals surface area contributed by atoms with Crippen LogP contribution in [0.5, 0.6) is 11.5 Å². The maximum atomic E-state index is 12.8. The Balaban J connectivity index is 2.37. The van der Waals surface area contributed by atoms with Crippen LogP contribution in [0.3, 0.4) is 0 Å². The highest BCUT2D eigenvalue weighted by Crippen LogP contribution is 2.47. The number of ether oxygens (including phenoxy) is 3. The standard InChI is InChI=1S/C22H25NO5S/c1-12-10-13-6-8-16(23-22(25)28-4)15-11-17(24)18(29-5)9-7-14(15)19(13)21(27-3)20(12)26-2/h7,9-11,16H,6,8H2,1-5H3,(H,23,25). The van der Waals surface area contributed by atoms with E-state index < -0.39 is 6.09 Å². The van der Waals surface area contributed by atoms with Crippen LogP contribution >= 0.6 is 11.8 Å². The van der Waals surface area contributed by atoms with Crippen molar-refractivity contribution in [3.63, 3.8) is 0 Å². The number of alkyl carbamates (subject to hydrolysis) is 1. The first kappa shape index (κ1) is 21.0. The van der Waals surface area contributed by atoms with E-state index in [9.17, 15) is 9.59 Å². The van der Waals surface area contributed by atoms with Gasteiger partial charge in [-0.05, 0) is 60.4 Å². The molecule has 0 saturated heterocycles. The molecule has 6 nitrogen and oxygen atoms in total. The Hall–Kier alpha value is -2.67. The van der Waals surface area contributed by atoms with Crippen molar-refractivity contribution in [3.05, 3.63) is 51.2 Å². The number of carbonyl (C=O) groups is 1. The summed E-state index contributed by atoms with van der Waals surface area (Å²) >= 11 is 1.39. The van der Waals surface area contributed by atoms with Gasteiger partial charge in [-0.2, -0.15) is 0 Å². The van der Waals surface area contributed by atoms with Crippen LogP contribution in [0.1, 0.15) is 29.2 Å². The maximum absolute atomic E-state index is 12.8. The molecule has 29 heavy (non-hydrogen) atoms. The Morgan fingerprint density at radius 2 is 1.86 bits per heavy atom. The van der Waals surface area contributed by atoms with Gasteiger partial charge in [0.25, 0.3) is 0 Å². The van der Waals surface area contributed by atoms with E-state index in [1.165, 1.54) is 18.9 Å². The van der Waals surface area contributed by atoms with E-state index in [0.717, 1.165) is 27.8 Å². The molecule has 2 aromatic carbocycles. The van der Waals surface area contributed by atoms with Gasteiger partial charge in [0.05, 0.1) is 32.3 Å². The number of methoxy groups -OCH3 is 3. The largest absolute Gasteiger partial charge is 0.493 e. The van der Waals surface area contributed by atoms with E-state index in [0.29, 0.717) is 29.2 Å². The average Bonchev–Trinajstić information content (AvgIpc) is 2.96. The molecule has 1 unspecified atom stereocenters. The van der Waals surface area contributed by atoms with E-state index in [-0.39, 0.29) is 11.5 Å². The molecular weight excluding hydrogens is 390 g/mol. The van der Waals surface area contributed by atoms with Crippen molar-refractivity contribution >= 4 is 17.9 Å².